The second-order valence-corrected chi connectivity index (χ2v) is 7.23. The molecule has 1 N–H and O–H groups in total. The lowest BCUT2D eigenvalue weighted by Crippen LogP contribution is -2.52. The van der Waals surface area contributed by atoms with Crippen LogP contribution in [0.4, 0.5) is 0 Å². The van der Waals surface area contributed by atoms with Gasteiger partial charge < -0.3 is 10.2 Å². The molecule has 146 valence electrons. The number of nitrogens with zero attached hydrogens (tertiary/aromatic N) is 4. The highest BCUT2D eigenvalue weighted by Crippen LogP contribution is 2.07. The van der Waals surface area contributed by atoms with Crippen LogP contribution in [0.3, 0.4) is 0 Å². The second-order valence-electron chi connectivity index (χ2n) is 7.23. The third-order valence-electron chi connectivity index (χ3n) is 4.94. The van der Waals surface area contributed by atoms with Gasteiger partial charge in [-0.15, -0.1) is 0 Å². The maximum Gasteiger partial charge on any atom is 0.346 e. The van der Waals surface area contributed by atoms with Crippen molar-refractivity contribution >= 4 is 5.91 Å². The van der Waals surface area contributed by atoms with Crippen LogP contribution in [-0.2, 0) is 24.3 Å². The minimum absolute atomic E-state index is 0.00642. The van der Waals surface area contributed by atoms with E-state index in [1.54, 1.807) is 4.57 Å². The SMILES string of the molecule is CCCCc1nn(CC(=O)N2CCN[C@H](C)C2)c(=O)n1Cc1ccccc1. The number of benzene rings is 1. The summed E-state index contributed by atoms with van der Waals surface area (Å²) < 4.78 is 3.04. The Bertz CT molecular complexity index is 812. The maximum atomic E-state index is 12.9. The molecule has 0 bridgehead atoms. The molecule has 2 heterocycles. The van der Waals surface area contributed by atoms with E-state index in [0.717, 1.165) is 37.2 Å². The van der Waals surface area contributed by atoms with Crippen molar-refractivity contribution in [1.29, 1.82) is 0 Å². The van der Waals surface area contributed by atoms with E-state index in [9.17, 15) is 9.59 Å². The first-order valence-corrected chi connectivity index (χ1v) is 9.80. The fourth-order valence-electron chi connectivity index (χ4n) is 3.42. The van der Waals surface area contributed by atoms with Crippen LogP contribution in [0, 0.1) is 0 Å². The van der Waals surface area contributed by atoms with Gasteiger partial charge in [-0.2, -0.15) is 5.10 Å². The second kappa shape index (κ2) is 8.99. The van der Waals surface area contributed by atoms with Crippen molar-refractivity contribution in [1.82, 2.24) is 24.6 Å². The molecule has 0 radical (unpaired) electrons. The number of hydrogen-bond donors (Lipinski definition) is 1. The molecular formula is C20H29N5O2. The molecule has 1 atom stereocenters. The van der Waals surface area contributed by atoms with Crippen LogP contribution in [0.2, 0.25) is 0 Å². The first-order valence-electron chi connectivity index (χ1n) is 9.80. The molecule has 0 aliphatic carbocycles. The molecule has 1 fully saturated rings. The van der Waals surface area contributed by atoms with Crippen LogP contribution in [0.15, 0.2) is 35.1 Å². The van der Waals surface area contributed by atoms with Gasteiger partial charge >= 0.3 is 5.69 Å². The summed E-state index contributed by atoms with van der Waals surface area (Å²) in [6.45, 7) is 6.79. The van der Waals surface area contributed by atoms with E-state index in [1.165, 1.54) is 4.68 Å². The number of aromatic nitrogens is 3. The summed E-state index contributed by atoms with van der Waals surface area (Å²) in [7, 11) is 0. The normalized spacial score (nSPS) is 17.3. The van der Waals surface area contributed by atoms with Gasteiger partial charge in [-0.25, -0.2) is 9.48 Å². The number of nitrogens with one attached hydrogen (secondary N) is 1. The standard InChI is InChI=1S/C20H29N5O2/c1-3-4-10-18-22-25(15-19(26)23-12-11-21-16(2)13-23)20(27)24(18)14-17-8-6-5-7-9-17/h5-9,16,21H,3-4,10-15H2,1-2H3/t16-/m1/s1. The summed E-state index contributed by atoms with van der Waals surface area (Å²) in [5.74, 6) is 0.712. The van der Waals surface area contributed by atoms with E-state index in [4.69, 9.17) is 0 Å². The molecule has 1 amide bonds. The highest BCUT2D eigenvalue weighted by atomic mass is 16.2. The average Bonchev–Trinajstić information content (AvgIpc) is 2.96. The Morgan fingerprint density at radius 1 is 1.30 bits per heavy atom. The Morgan fingerprint density at radius 2 is 2.07 bits per heavy atom. The summed E-state index contributed by atoms with van der Waals surface area (Å²) >= 11 is 0. The summed E-state index contributed by atoms with van der Waals surface area (Å²) in [4.78, 5) is 27.4. The fraction of sp³-hybridized carbons (Fsp3) is 0.550. The molecule has 27 heavy (non-hydrogen) atoms. The number of aryl methyl sites for hydroxylation is 1. The van der Waals surface area contributed by atoms with E-state index < -0.39 is 0 Å². The highest BCUT2D eigenvalue weighted by molar-refractivity contribution is 5.76. The lowest BCUT2D eigenvalue weighted by molar-refractivity contribution is -0.133. The first kappa shape index (κ1) is 19.4. The van der Waals surface area contributed by atoms with E-state index in [-0.39, 0.29) is 24.2 Å². The first-order chi connectivity index (χ1) is 13.1. The summed E-state index contributed by atoms with van der Waals surface area (Å²) in [5, 5.41) is 7.82. The van der Waals surface area contributed by atoms with Gasteiger partial charge in [-0.1, -0.05) is 43.7 Å². The van der Waals surface area contributed by atoms with Crippen molar-refractivity contribution < 1.29 is 4.79 Å². The lowest BCUT2D eigenvalue weighted by Gasteiger charge is -2.31. The molecule has 7 heteroatoms. The van der Waals surface area contributed by atoms with Crippen LogP contribution in [0.1, 0.15) is 38.1 Å². The molecule has 1 aromatic carbocycles. The number of amides is 1. The third kappa shape index (κ3) is 4.86. The predicted octanol–water partition coefficient (Wildman–Crippen LogP) is 1.26. The zero-order valence-corrected chi connectivity index (χ0v) is 16.2. The molecule has 1 aromatic heterocycles. The largest absolute Gasteiger partial charge is 0.346 e. The van der Waals surface area contributed by atoms with E-state index in [1.807, 2.05) is 35.2 Å². The fourth-order valence-corrected chi connectivity index (χ4v) is 3.42. The number of carbonyl (C=O) groups excluding carboxylic acids is 1. The lowest BCUT2D eigenvalue weighted by atomic mass is 10.2. The molecule has 0 unspecified atom stereocenters. The summed E-state index contributed by atoms with van der Waals surface area (Å²) in [5.41, 5.74) is 0.848. The van der Waals surface area contributed by atoms with Crippen LogP contribution in [-0.4, -0.2) is 50.8 Å². The van der Waals surface area contributed by atoms with E-state index in [0.29, 0.717) is 19.6 Å². The van der Waals surface area contributed by atoms with Crippen molar-refractivity contribution in [3.8, 4) is 0 Å². The Labute approximate surface area is 160 Å². The van der Waals surface area contributed by atoms with Gasteiger partial charge in [0.2, 0.25) is 5.91 Å². The van der Waals surface area contributed by atoms with Crippen LogP contribution in [0.5, 0.6) is 0 Å². The van der Waals surface area contributed by atoms with Gasteiger partial charge in [0.25, 0.3) is 0 Å². The smallest absolute Gasteiger partial charge is 0.338 e. The minimum atomic E-state index is -0.207. The monoisotopic (exact) mass is 371 g/mol. The number of hydrogen-bond acceptors (Lipinski definition) is 4. The number of piperazine rings is 1. The molecule has 1 aliphatic heterocycles. The number of rotatable bonds is 7. The van der Waals surface area contributed by atoms with Crippen LogP contribution < -0.4 is 11.0 Å². The topological polar surface area (TPSA) is 72.2 Å². The van der Waals surface area contributed by atoms with Crippen molar-refractivity contribution in [2.45, 2.75) is 52.2 Å². The van der Waals surface area contributed by atoms with Gasteiger partial charge in [0.05, 0.1) is 6.54 Å². The van der Waals surface area contributed by atoms with Gasteiger partial charge in [0.1, 0.15) is 12.4 Å². The summed E-state index contributed by atoms with van der Waals surface area (Å²) in [6.07, 6.45) is 2.74. The molecular weight excluding hydrogens is 342 g/mol. The Balaban J connectivity index is 1.80. The zero-order chi connectivity index (χ0) is 19.2. The number of unbranched alkanes of at least 4 members (excludes halogenated alkanes) is 1. The van der Waals surface area contributed by atoms with Crippen molar-refractivity contribution in [3.05, 3.63) is 52.2 Å². The third-order valence-corrected chi connectivity index (χ3v) is 4.94. The number of carbonyl (C=O) groups is 1. The van der Waals surface area contributed by atoms with Crippen LogP contribution >= 0.6 is 0 Å². The van der Waals surface area contributed by atoms with E-state index in [2.05, 4.69) is 24.3 Å². The highest BCUT2D eigenvalue weighted by Gasteiger charge is 2.23. The van der Waals surface area contributed by atoms with Crippen LogP contribution in [0.25, 0.3) is 0 Å². The van der Waals surface area contributed by atoms with Crippen molar-refractivity contribution in [2.24, 2.45) is 0 Å². The van der Waals surface area contributed by atoms with Crippen molar-refractivity contribution in [2.75, 3.05) is 19.6 Å². The molecule has 0 saturated carbocycles. The maximum absolute atomic E-state index is 12.9. The average molecular weight is 371 g/mol. The molecule has 2 aromatic rings. The molecule has 3 rings (SSSR count). The zero-order valence-electron chi connectivity index (χ0n) is 16.2. The molecule has 7 nitrogen and oxygen atoms in total. The van der Waals surface area contributed by atoms with E-state index >= 15 is 0 Å². The van der Waals surface area contributed by atoms with Gasteiger partial charge in [0, 0.05) is 32.1 Å². The Kier molecular flexibility index (Phi) is 6.45. The predicted molar refractivity (Wildman–Crippen MR) is 105 cm³/mol. The van der Waals surface area contributed by atoms with Gasteiger partial charge in [-0.05, 0) is 18.9 Å². The summed E-state index contributed by atoms with van der Waals surface area (Å²) in [6, 6.07) is 10.2. The Morgan fingerprint density at radius 3 is 2.78 bits per heavy atom. The molecule has 1 saturated heterocycles. The quantitative estimate of drug-likeness (QED) is 0.795. The molecule has 1 aliphatic rings. The molecule has 0 spiro atoms. The van der Waals surface area contributed by atoms with Gasteiger partial charge in [0.15, 0.2) is 0 Å². The van der Waals surface area contributed by atoms with Gasteiger partial charge in [-0.3, -0.25) is 9.36 Å². The van der Waals surface area contributed by atoms with Crippen molar-refractivity contribution in [3.63, 3.8) is 0 Å². The Hall–Kier alpha value is -2.41. The minimum Gasteiger partial charge on any atom is -0.338 e.